The molecule has 1 saturated heterocycles. The van der Waals surface area contributed by atoms with Crippen LogP contribution < -0.4 is 9.64 Å². The Labute approximate surface area is 110 Å². The molecule has 102 valence electrons. The number of carbonyl (C=O) groups is 2. The molecule has 0 spiro atoms. The summed E-state index contributed by atoms with van der Waals surface area (Å²) >= 11 is 0. The van der Waals surface area contributed by atoms with Gasteiger partial charge in [-0.2, -0.15) is 0 Å². The van der Waals surface area contributed by atoms with Crippen molar-refractivity contribution in [3.63, 3.8) is 0 Å². The summed E-state index contributed by atoms with van der Waals surface area (Å²) in [6.07, 6.45) is -0.731. The first-order valence-corrected chi connectivity index (χ1v) is 5.94. The quantitative estimate of drug-likeness (QED) is 0.899. The highest BCUT2D eigenvalue weighted by Gasteiger charge is 2.29. The van der Waals surface area contributed by atoms with Crippen LogP contribution in [0.5, 0.6) is 5.75 Å². The smallest absolute Gasteiger partial charge is 0.414 e. The summed E-state index contributed by atoms with van der Waals surface area (Å²) in [5.74, 6) is -0.314. The number of cyclic esters (lactones) is 1. The van der Waals surface area contributed by atoms with Crippen molar-refractivity contribution in [2.75, 3.05) is 18.6 Å². The van der Waals surface area contributed by atoms with Gasteiger partial charge in [-0.1, -0.05) is 6.07 Å². The largest absolute Gasteiger partial charge is 0.497 e. The van der Waals surface area contributed by atoms with Crippen molar-refractivity contribution in [1.29, 1.82) is 0 Å². The Bertz CT molecular complexity index is 488. The van der Waals surface area contributed by atoms with E-state index in [-0.39, 0.29) is 6.42 Å². The topological polar surface area (TPSA) is 76.1 Å². The number of carboxylic acids is 1. The summed E-state index contributed by atoms with van der Waals surface area (Å²) < 4.78 is 10.2. The molecule has 6 heteroatoms. The third-order valence-electron chi connectivity index (χ3n) is 2.93. The van der Waals surface area contributed by atoms with E-state index in [4.69, 9.17) is 14.6 Å². The van der Waals surface area contributed by atoms with Gasteiger partial charge < -0.3 is 14.6 Å². The van der Waals surface area contributed by atoms with Gasteiger partial charge in [-0.3, -0.25) is 9.69 Å². The maximum absolute atomic E-state index is 11.9. The number of methoxy groups -OCH3 is 1. The lowest BCUT2D eigenvalue weighted by molar-refractivity contribution is -0.139. The second kappa shape index (κ2) is 5.60. The number of amides is 1. The van der Waals surface area contributed by atoms with Gasteiger partial charge >= 0.3 is 12.1 Å². The van der Waals surface area contributed by atoms with Crippen LogP contribution in [0.15, 0.2) is 24.3 Å². The predicted octanol–water partition coefficient (Wildman–Crippen LogP) is 1.89. The van der Waals surface area contributed by atoms with E-state index < -0.39 is 18.2 Å². The highest BCUT2D eigenvalue weighted by atomic mass is 16.6. The zero-order chi connectivity index (χ0) is 13.8. The number of hydrogen-bond acceptors (Lipinski definition) is 4. The number of carbonyl (C=O) groups excluding carboxylic acids is 1. The molecule has 0 bridgehead atoms. The van der Waals surface area contributed by atoms with E-state index in [0.29, 0.717) is 24.4 Å². The third-order valence-corrected chi connectivity index (χ3v) is 2.93. The zero-order valence-corrected chi connectivity index (χ0v) is 10.5. The number of nitrogens with zero attached hydrogens (tertiary/aromatic N) is 1. The van der Waals surface area contributed by atoms with E-state index in [9.17, 15) is 9.59 Å². The molecule has 0 saturated carbocycles. The zero-order valence-electron chi connectivity index (χ0n) is 10.5. The first-order chi connectivity index (χ1) is 9.10. The third kappa shape index (κ3) is 3.15. The van der Waals surface area contributed by atoms with Crippen molar-refractivity contribution < 1.29 is 24.2 Å². The number of carboxylic acid groups (broad SMARTS) is 1. The van der Waals surface area contributed by atoms with Gasteiger partial charge in [0.05, 0.1) is 19.2 Å². The van der Waals surface area contributed by atoms with Crippen LogP contribution in [0, 0.1) is 0 Å². The average molecular weight is 265 g/mol. The molecule has 0 radical (unpaired) electrons. The molecule has 0 aliphatic carbocycles. The van der Waals surface area contributed by atoms with E-state index in [1.807, 2.05) is 0 Å². The van der Waals surface area contributed by atoms with E-state index in [1.54, 1.807) is 31.4 Å². The van der Waals surface area contributed by atoms with Crippen LogP contribution in [-0.2, 0) is 9.53 Å². The molecular weight excluding hydrogens is 250 g/mol. The summed E-state index contributed by atoms with van der Waals surface area (Å²) in [6.45, 7) is 0.434. The van der Waals surface area contributed by atoms with Crippen LogP contribution in [0.3, 0.4) is 0 Å². The van der Waals surface area contributed by atoms with Gasteiger partial charge in [0.1, 0.15) is 11.9 Å². The monoisotopic (exact) mass is 265 g/mol. The Hall–Kier alpha value is -2.24. The van der Waals surface area contributed by atoms with Crippen LogP contribution in [-0.4, -0.2) is 36.9 Å². The molecule has 1 N–H and O–H groups in total. The second-order valence-electron chi connectivity index (χ2n) is 4.25. The van der Waals surface area contributed by atoms with Crippen LogP contribution in [0.4, 0.5) is 10.5 Å². The minimum absolute atomic E-state index is 0.155. The molecular formula is C13H15NO5. The van der Waals surface area contributed by atoms with E-state index in [0.717, 1.165) is 0 Å². The molecule has 0 aromatic heterocycles. The maximum atomic E-state index is 11.9. The summed E-state index contributed by atoms with van der Waals surface area (Å²) in [6, 6.07) is 7.08. The van der Waals surface area contributed by atoms with E-state index in [1.165, 1.54) is 4.90 Å². The van der Waals surface area contributed by atoms with Crippen molar-refractivity contribution in [3.05, 3.63) is 24.3 Å². The molecule has 1 aliphatic heterocycles. The number of anilines is 1. The van der Waals surface area contributed by atoms with Gasteiger partial charge in [-0.15, -0.1) is 0 Å². The van der Waals surface area contributed by atoms with Crippen molar-refractivity contribution >= 4 is 17.7 Å². The van der Waals surface area contributed by atoms with Gasteiger partial charge in [0, 0.05) is 19.0 Å². The van der Waals surface area contributed by atoms with Crippen molar-refractivity contribution in [2.45, 2.75) is 18.9 Å². The lowest BCUT2D eigenvalue weighted by atomic mass is 10.1. The standard InChI is InChI=1S/C13H15NO5/c1-18-10-4-2-3-9(7-10)14-6-5-11(8-12(15)16)19-13(14)17/h2-4,7,11H,5-6,8H2,1H3,(H,15,16). The highest BCUT2D eigenvalue weighted by Crippen LogP contribution is 2.25. The van der Waals surface area contributed by atoms with Crippen LogP contribution in [0.2, 0.25) is 0 Å². The average Bonchev–Trinajstić information content (AvgIpc) is 2.38. The molecule has 1 amide bonds. The van der Waals surface area contributed by atoms with Gasteiger partial charge in [0.15, 0.2) is 0 Å². The van der Waals surface area contributed by atoms with Crippen LogP contribution in [0.25, 0.3) is 0 Å². The van der Waals surface area contributed by atoms with E-state index in [2.05, 4.69) is 0 Å². The fourth-order valence-corrected chi connectivity index (χ4v) is 1.98. The summed E-state index contributed by atoms with van der Waals surface area (Å²) in [5, 5.41) is 8.68. The second-order valence-corrected chi connectivity index (χ2v) is 4.25. The van der Waals surface area contributed by atoms with Crippen molar-refractivity contribution in [2.24, 2.45) is 0 Å². The fraction of sp³-hybridized carbons (Fsp3) is 0.385. The lowest BCUT2D eigenvalue weighted by Crippen LogP contribution is -2.42. The summed E-state index contributed by atoms with van der Waals surface area (Å²) in [5.41, 5.74) is 0.679. The Morgan fingerprint density at radius 2 is 2.37 bits per heavy atom. The minimum Gasteiger partial charge on any atom is -0.497 e. The predicted molar refractivity (Wildman–Crippen MR) is 67.5 cm³/mol. The maximum Gasteiger partial charge on any atom is 0.414 e. The minimum atomic E-state index is -0.965. The molecule has 1 unspecified atom stereocenters. The number of ether oxygens (including phenoxy) is 2. The lowest BCUT2D eigenvalue weighted by Gasteiger charge is -2.31. The Morgan fingerprint density at radius 1 is 1.58 bits per heavy atom. The van der Waals surface area contributed by atoms with Gasteiger partial charge in [0.2, 0.25) is 0 Å². The first kappa shape index (κ1) is 13.2. The van der Waals surface area contributed by atoms with Crippen LogP contribution in [0.1, 0.15) is 12.8 Å². The first-order valence-electron chi connectivity index (χ1n) is 5.94. The van der Waals surface area contributed by atoms with Crippen molar-refractivity contribution in [1.82, 2.24) is 0 Å². The highest BCUT2D eigenvalue weighted by molar-refractivity contribution is 5.88. The fourth-order valence-electron chi connectivity index (χ4n) is 1.98. The van der Waals surface area contributed by atoms with Gasteiger partial charge in [-0.05, 0) is 12.1 Å². The Balaban J connectivity index is 2.07. The molecule has 1 aromatic rings. The van der Waals surface area contributed by atoms with Gasteiger partial charge in [-0.25, -0.2) is 4.79 Å². The Morgan fingerprint density at radius 3 is 3.00 bits per heavy atom. The van der Waals surface area contributed by atoms with Crippen LogP contribution >= 0.6 is 0 Å². The molecule has 1 heterocycles. The number of hydrogen-bond donors (Lipinski definition) is 1. The van der Waals surface area contributed by atoms with Gasteiger partial charge in [0.25, 0.3) is 0 Å². The normalized spacial score (nSPS) is 18.9. The van der Waals surface area contributed by atoms with E-state index >= 15 is 0 Å². The Kier molecular flexibility index (Phi) is 3.89. The molecule has 1 atom stereocenters. The van der Waals surface area contributed by atoms with Crippen molar-refractivity contribution in [3.8, 4) is 5.75 Å². The molecule has 6 nitrogen and oxygen atoms in total. The molecule has 1 fully saturated rings. The SMILES string of the molecule is COc1cccc(N2CCC(CC(=O)O)OC2=O)c1. The number of rotatable bonds is 4. The molecule has 2 rings (SSSR count). The molecule has 1 aromatic carbocycles. The number of benzene rings is 1. The summed E-state index contributed by atoms with van der Waals surface area (Å²) in [4.78, 5) is 23.9. The molecule has 19 heavy (non-hydrogen) atoms. The molecule has 1 aliphatic rings. The number of aliphatic carboxylic acids is 1. The summed E-state index contributed by atoms with van der Waals surface area (Å²) in [7, 11) is 1.55.